The van der Waals surface area contributed by atoms with Gasteiger partial charge in [0.25, 0.3) is 5.69 Å². The lowest BCUT2D eigenvalue weighted by Gasteiger charge is -2.16. The van der Waals surface area contributed by atoms with Gasteiger partial charge >= 0.3 is 11.9 Å². The van der Waals surface area contributed by atoms with Crippen LogP contribution in [0, 0.1) is 10.1 Å². The number of non-ortho nitro benzene ring substituents is 1. The van der Waals surface area contributed by atoms with Gasteiger partial charge in [-0.2, -0.15) is 0 Å². The molecule has 0 amide bonds. The summed E-state index contributed by atoms with van der Waals surface area (Å²) in [5.74, 6) is -0.162. The molecule has 0 saturated heterocycles. The van der Waals surface area contributed by atoms with Gasteiger partial charge in [0.2, 0.25) is 0 Å². The minimum absolute atomic E-state index is 0.00985. The molecule has 0 aliphatic rings. The molecular weight excluding hydrogens is 434 g/mol. The molecule has 0 aliphatic heterocycles. The van der Waals surface area contributed by atoms with Crippen LogP contribution in [0.2, 0.25) is 0 Å². The summed E-state index contributed by atoms with van der Waals surface area (Å²) in [6.07, 6.45) is 0.741. The summed E-state index contributed by atoms with van der Waals surface area (Å²) in [5, 5.41) is 12.0. The number of benzene rings is 3. The van der Waals surface area contributed by atoms with E-state index in [9.17, 15) is 19.7 Å². The Labute approximate surface area is 188 Å². The molecule has 3 aromatic rings. The van der Waals surface area contributed by atoms with E-state index >= 15 is 0 Å². The zero-order valence-corrected chi connectivity index (χ0v) is 18.6. The van der Waals surface area contributed by atoms with Crippen molar-refractivity contribution in [2.75, 3.05) is 6.61 Å². The van der Waals surface area contributed by atoms with E-state index in [0.29, 0.717) is 23.1 Å². The van der Waals surface area contributed by atoms with Crippen LogP contribution in [-0.4, -0.2) is 23.5 Å². The first-order valence-electron chi connectivity index (χ1n) is 9.81. The highest BCUT2D eigenvalue weighted by atomic mass is 32.2. The number of nitro benzene ring substituents is 1. The van der Waals surface area contributed by atoms with Crippen LogP contribution < -0.4 is 14.2 Å². The molecule has 0 spiro atoms. The number of fused-ring (bicyclic) bond motifs is 1. The number of carbonyl (C=O) groups excluding carboxylic acids is 2. The second-order valence-electron chi connectivity index (χ2n) is 6.80. The highest BCUT2D eigenvalue weighted by Gasteiger charge is 2.19. The fourth-order valence-electron chi connectivity index (χ4n) is 2.96. The highest BCUT2D eigenvalue weighted by molar-refractivity contribution is 7.99. The molecule has 0 bridgehead atoms. The van der Waals surface area contributed by atoms with E-state index in [4.69, 9.17) is 14.2 Å². The summed E-state index contributed by atoms with van der Waals surface area (Å²) >= 11 is 1.39. The third-order valence-electron chi connectivity index (χ3n) is 4.23. The molecule has 32 heavy (non-hydrogen) atoms. The third-order valence-corrected chi connectivity index (χ3v) is 5.23. The second-order valence-corrected chi connectivity index (χ2v) is 7.95. The SMILES string of the molecule is CCCOc1cc(OC(C)=O)c2cc(Sc3ccc([N+](=O)[O-])cc3)ccc2c1OC(C)=O. The van der Waals surface area contributed by atoms with Gasteiger partial charge in [0.05, 0.1) is 11.5 Å². The lowest BCUT2D eigenvalue weighted by atomic mass is 10.1. The lowest BCUT2D eigenvalue weighted by molar-refractivity contribution is -0.384. The molecule has 9 heteroatoms. The van der Waals surface area contributed by atoms with Crippen molar-refractivity contribution in [3.63, 3.8) is 0 Å². The summed E-state index contributed by atoms with van der Waals surface area (Å²) in [4.78, 5) is 35.4. The predicted octanol–water partition coefficient (Wildman–Crippen LogP) is 5.54. The van der Waals surface area contributed by atoms with E-state index in [2.05, 4.69) is 0 Å². The van der Waals surface area contributed by atoms with Crippen molar-refractivity contribution < 1.29 is 28.7 Å². The molecule has 0 N–H and O–H groups in total. The van der Waals surface area contributed by atoms with Crippen LogP contribution in [0.4, 0.5) is 5.69 Å². The smallest absolute Gasteiger partial charge is 0.308 e. The molecule has 0 aliphatic carbocycles. The maximum Gasteiger partial charge on any atom is 0.308 e. The normalized spacial score (nSPS) is 10.6. The topological polar surface area (TPSA) is 105 Å². The number of rotatable bonds is 8. The van der Waals surface area contributed by atoms with Crippen molar-refractivity contribution in [1.29, 1.82) is 0 Å². The first-order chi connectivity index (χ1) is 15.3. The van der Waals surface area contributed by atoms with Crippen LogP contribution in [0.25, 0.3) is 10.8 Å². The fraction of sp³-hybridized carbons (Fsp3) is 0.217. The maximum atomic E-state index is 11.7. The van der Waals surface area contributed by atoms with Gasteiger partial charge in [-0.05, 0) is 36.8 Å². The van der Waals surface area contributed by atoms with Crippen molar-refractivity contribution in [2.45, 2.75) is 37.0 Å². The molecule has 166 valence electrons. The Bertz CT molecular complexity index is 1180. The van der Waals surface area contributed by atoms with Crippen molar-refractivity contribution in [3.05, 3.63) is 58.6 Å². The van der Waals surface area contributed by atoms with Crippen molar-refractivity contribution in [1.82, 2.24) is 0 Å². The molecule has 3 rings (SSSR count). The van der Waals surface area contributed by atoms with Crippen molar-refractivity contribution in [3.8, 4) is 17.2 Å². The van der Waals surface area contributed by atoms with Gasteiger partial charge in [-0.1, -0.05) is 18.7 Å². The number of nitrogens with zero attached hydrogens (tertiary/aromatic N) is 1. The maximum absolute atomic E-state index is 11.7. The van der Waals surface area contributed by atoms with Gasteiger partial charge in [0.15, 0.2) is 11.5 Å². The van der Waals surface area contributed by atoms with Crippen LogP contribution in [0.3, 0.4) is 0 Å². The van der Waals surface area contributed by atoms with Gasteiger partial charge in [-0.15, -0.1) is 0 Å². The summed E-state index contributed by atoms with van der Waals surface area (Å²) in [6.45, 7) is 4.94. The Morgan fingerprint density at radius 1 is 0.906 bits per heavy atom. The Morgan fingerprint density at radius 2 is 1.56 bits per heavy atom. The Kier molecular flexibility index (Phi) is 7.32. The second kappa shape index (κ2) is 10.1. The summed E-state index contributed by atoms with van der Waals surface area (Å²) in [6, 6.07) is 13.1. The number of carbonyl (C=O) groups is 2. The molecule has 0 aromatic heterocycles. The lowest BCUT2D eigenvalue weighted by Crippen LogP contribution is -2.07. The zero-order chi connectivity index (χ0) is 23.3. The van der Waals surface area contributed by atoms with Crippen LogP contribution >= 0.6 is 11.8 Å². The van der Waals surface area contributed by atoms with Crippen molar-refractivity contribution in [2.24, 2.45) is 0 Å². The van der Waals surface area contributed by atoms with Gasteiger partial charge in [-0.3, -0.25) is 19.7 Å². The van der Waals surface area contributed by atoms with Crippen LogP contribution in [0.1, 0.15) is 27.2 Å². The van der Waals surface area contributed by atoms with E-state index in [0.717, 1.165) is 16.2 Å². The molecule has 3 aromatic carbocycles. The minimum Gasteiger partial charge on any atom is -0.490 e. The van der Waals surface area contributed by atoms with E-state index in [-0.39, 0.29) is 17.2 Å². The minimum atomic E-state index is -0.503. The van der Waals surface area contributed by atoms with E-state index in [1.807, 2.05) is 13.0 Å². The summed E-state index contributed by atoms with van der Waals surface area (Å²) in [5.41, 5.74) is 0.00985. The standard InChI is InChI=1S/C23H21NO7S/c1-4-11-29-22-13-21(30-14(2)25)20-12-18(9-10-19(20)23(22)31-15(3)26)32-17-7-5-16(6-8-17)24(27)28/h5-10,12-13H,4,11H2,1-3H3. The quantitative estimate of drug-likeness (QED) is 0.189. The molecule has 0 radical (unpaired) electrons. The van der Waals surface area contributed by atoms with E-state index in [1.54, 1.807) is 24.3 Å². The molecule has 8 nitrogen and oxygen atoms in total. The number of hydrogen-bond donors (Lipinski definition) is 0. The monoisotopic (exact) mass is 455 g/mol. The third kappa shape index (κ3) is 5.55. The Balaban J connectivity index is 2.09. The summed E-state index contributed by atoms with van der Waals surface area (Å²) < 4.78 is 16.6. The molecule has 0 heterocycles. The first-order valence-corrected chi connectivity index (χ1v) is 10.6. The van der Waals surface area contributed by atoms with Crippen LogP contribution in [-0.2, 0) is 9.59 Å². The fourth-order valence-corrected chi connectivity index (χ4v) is 3.82. The van der Waals surface area contributed by atoms with Gasteiger partial charge in [0.1, 0.15) is 5.75 Å². The zero-order valence-electron chi connectivity index (χ0n) is 17.7. The molecule has 0 unspecified atom stereocenters. The first kappa shape index (κ1) is 23.1. The number of ether oxygens (including phenoxy) is 3. The Hall–Kier alpha value is -3.59. The number of hydrogen-bond acceptors (Lipinski definition) is 8. The van der Waals surface area contributed by atoms with E-state index < -0.39 is 16.9 Å². The van der Waals surface area contributed by atoms with Gasteiger partial charge in [0, 0.05) is 52.6 Å². The molecule has 0 fully saturated rings. The predicted molar refractivity (Wildman–Crippen MR) is 120 cm³/mol. The van der Waals surface area contributed by atoms with Crippen LogP contribution in [0.15, 0.2) is 58.3 Å². The molecular formula is C23H21NO7S. The number of nitro groups is 1. The highest BCUT2D eigenvalue weighted by Crippen LogP contribution is 2.44. The van der Waals surface area contributed by atoms with Gasteiger partial charge in [-0.25, -0.2) is 0 Å². The largest absolute Gasteiger partial charge is 0.490 e. The average molecular weight is 455 g/mol. The molecule has 0 atom stereocenters. The van der Waals surface area contributed by atoms with Gasteiger partial charge < -0.3 is 14.2 Å². The number of esters is 2. The van der Waals surface area contributed by atoms with Crippen molar-refractivity contribution >= 4 is 40.2 Å². The van der Waals surface area contributed by atoms with E-state index in [1.165, 1.54) is 43.8 Å². The average Bonchev–Trinajstić information content (AvgIpc) is 2.74. The van der Waals surface area contributed by atoms with Crippen LogP contribution in [0.5, 0.6) is 17.2 Å². The Morgan fingerprint density at radius 3 is 2.16 bits per heavy atom. The summed E-state index contributed by atoms with van der Waals surface area (Å²) in [7, 11) is 0. The molecule has 0 saturated carbocycles.